The molecule has 0 radical (unpaired) electrons. The van der Waals surface area contributed by atoms with Gasteiger partial charge in [0.1, 0.15) is 0 Å². The van der Waals surface area contributed by atoms with Crippen molar-refractivity contribution in [2.24, 2.45) is 0 Å². The van der Waals surface area contributed by atoms with Crippen molar-refractivity contribution in [3.63, 3.8) is 0 Å². The van der Waals surface area contributed by atoms with Gasteiger partial charge < -0.3 is 5.11 Å². The van der Waals surface area contributed by atoms with Crippen LogP contribution in [0.1, 0.15) is 10.4 Å². The van der Waals surface area contributed by atoms with E-state index in [0.29, 0.717) is 4.57 Å². The maximum Gasteiger partial charge on any atom is 0.338 e. The van der Waals surface area contributed by atoms with Gasteiger partial charge in [-0.05, 0) is 12.1 Å². The van der Waals surface area contributed by atoms with E-state index in [1.54, 1.807) is 18.2 Å². The van der Waals surface area contributed by atoms with Crippen molar-refractivity contribution in [2.75, 3.05) is 6.61 Å². The summed E-state index contributed by atoms with van der Waals surface area (Å²) in [5.74, 6) is -0.678. The van der Waals surface area contributed by atoms with E-state index < -0.39 is 17.2 Å². The summed E-state index contributed by atoms with van der Waals surface area (Å²) in [5.41, 5.74) is -1.19. The molecule has 0 aliphatic heterocycles. The summed E-state index contributed by atoms with van der Waals surface area (Å²) in [6.07, 6.45) is 1.26. The van der Waals surface area contributed by atoms with Gasteiger partial charge in [0, 0.05) is 17.8 Å². The summed E-state index contributed by atoms with van der Waals surface area (Å²) in [6, 6.07) is 9.20. The molecule has 0 spiro atoms. The van der Waals surface area contributed by atoms with Crippen LogP contribution in [0.25, 0.3) is 0 Å². The molecule has 0 atom stereocenters. The number of nitrogens with zero attached hydrogens (tertiary/aromatic N) is 2. The lowest BCUT2D eigenvalue weighted by molar-refractivity contribution is 0.0947. The number of aliphatic hydroxyl groups excluding tert-OH is 1. The van der Waals surface area contributed by atoms with Crippen molar-refractivity contribution >= 4 is 5.91 Å². The first-order valence-electron chi connectivity index (χ1n) is 5.68. The topological polar surface area (TPSA) is 81.3 Å². The molecule has 2 aromatic rings. The Kier molecular flexibility index (Phi) is 3.72. The number of carbonyl (C=O) groups excluding carboxylic acids is 1. The lowest BCUT2D eigenvalue weighted by Crippen LogP contribution is -2.43. The second kappa shape index (κ2) is 5.45. The molecule has 1 heterocycles. The van der Waals surface area contributed by atoms with Crippen LogP contribution in [0.3, 0.4) is 0 Å². The van der Waals surface area contributed by atoms with Crippen LogP contribution in [0.15, 0.2) is 52.2 Å². The van der Waals surface area contributed by atoms with Crippen molar-refractivity contribution in [1.29, 1.82) is 0 Å². The lowest BCUT2D eigenvalue weighted by Gasteiger charge is -2.07. The predicted octanol–water partition coefficient (Wildman–Crippen LogP) is -0.309. The van der Waals surface area contributed by atoms with E-state index in [2.05, 4.69) is 0 Å². The van der Waals surface area contributed by atoms with E-state index in [1.165, 1.54) is 18.3 Å². The second-order valence-electron chi connectivity index (χ2n) is 3.86. The first-order valence-corrected chi connectivity index (χ1v) is 5.68. The molecular weight excluding hydrogens is 248 g/mol. The van der Waals surface area contributed by atoms with E-state index in [-0.39, 0.29) is 18.7 Å². The highest BCUT2D eigenvalue weighted by atomic mass is 16.3. The molecule has 1 aromatic heterocycles. The van der Waals surface area contributed by atoms with Crippen LogP contribution in [0, 0.1) is 0 Å². The second-order valence-corrected chi connectivity index (χ2v) is 3.86. The summed E-state index contributed by atoms with van der Waals surface area (Å²) in [7, 11) is 0. The molecular formula is C13H12N2O4. The van der Waals surface area contributed by atoms with Crippen molar-refractivity contribution < 1.29 is 9.90 Å². The first-order chi connectivity index (χ1) is 9.15. The predicted molar refractivity (Wildman–Crippen MR) is 68.2 cm³/mol. The normalized spacial score (nSPS) is 10.4. The molecule has 19 heavy (non-hydrogen) atoms. The highest BCUT2D eigenvalue weighted by Crippen LogP contribution is 1.99. The van der Waals surface area contributed by atoms with E-state index in [4.69, 9.17) is 5.11 Å². The number of aliphatic hydroxyl groups is 1. The van der Waals surface area contributed by atoms with Crippen LogP contribution in [0.2, 0.25) is 0 Å². The Morgan fingerprint density at radius 3 is 2.42 bits per heavy atom. The van der Waals surface area contributed by atoms with E-state index in [1.807, 2.05) is 0 Å². The van der Waals surface area contributed by atoms with Gasteiger partial charge in [-0.3, -0.25) is 14.2 Å². The minimum absolute atomic E-state index is 0.0290. The standard InChI is InChI=1S/C13H12N2O4/c16-9-8-14-7-6-11(17)15(13(14)19)12(18)10-4-2-1-3-5-10/h1-7,16H,8-9H2. The van der Waals surface area contributed by atoms with Gasteiger partial charge in [-0.25, -0.2) is 4.79 Å². The highest BCUT2D eigenvalue weighted by Gasteiger charge is 2.14. The molecule has 0 amide bonds. The molecule has 0 saturated heterocycles. The summed E-state index contributed by atoms with van der Waals surface area (Å²) in [5, 5.41) is 8.83. The van der Waals surface area contributed by atoms with E-state index >= 15 is 0 Å². The lowest BCUT2D eigenvalue weighted by atomic mass is 10.2. The molecule has 0 unspecified atom stereocenters. The van der Waals surface area contributed by atoms with Gasteiger partial charge in [0.15, 0.2) is 0 Å². The first kappa shape index (κ1) is 13.0. The Balaban J connectivity index is 2.57. The number of rotatable bonds is 3. The van der Waals surface area contributed by atoms with Gasteiger partial charge in [0.2, 0.25) is 0 Å². The zero-order valence-corrected chi connectivity index (χ0v) is 10.0. The monoisotopic (exact) mass is 260 g/mol. The zero-order valence-electron chi connectivity index (χ0n) is 10.0. The van der Waals surface area contributed by atoms with Gasteiger partial charge in [-0.15, -0.1) is 0 Å². The quantitative estimate of drug-likeness (QED) is 0.820. The number of hydrogen-bond acceptors (Lipinski definition) is 4. The molecule has 0 bridgehead atoms. The smallest absolute Gasteiger partial charge is 0.338 e. The summed E-state index contributed by atoms with van der Waals surface area (Å²) >= 11 is 0. The zero-order chi connectivity index (χ0) is 13.8. The van der Waals surface area contributed by atoms with Crippen LogP contribution in [-0.2, 0) is 6.54 Å². The molecule has 0 fully saturated rings. The summed E-state index contributed by atoms with van der Waals surface area (Å²) < 4.78 is 1.67. The van der Waals surface area contributed by atoms with Crippen LogP contribution < -0.4 is 11.2 Å². The molecule has 1 N–H and O–H groups in total. The van der Waals surface area contributed by atoms with Gasteiger partial charge >= 0.3 is 5.69 Å². The molecule has 1 aromatic carbocycles. The fourth-order valence-corrected chi connectivity index (χ4v) is 1.69. The van der Waals surface area contributed by atoms with Crippen LogP contribution >= 0.6 is 0 Å². The Hall–Kier alpha value is -2.47. The minimum Gasteiger partial charge on any atom is -0.395 e. The van der Waals surface area contributed by atoms with Gasteiger partial charge in [-0.1, -0.05) is 18.2 Å². The number of aromatic nitrogens is 2. The van der Waals surface area contributed by atoms with Crippen molar-refractivity contribution in [1.82, 2.24) is 9.13 Å². The van der Waals surface area contributed by atoms with Gasteiger partial charge in [0.05, 0.1) is 13.2 Å². The fraction of sp³-hybridized carbons (Fsp3) is 0.154. The third-order valence-electron chi connectivity index (χ3n) is 2.62. The summed E-state index contributed by atoms with van der Waals surface area (Å²) in [4.78, 5) is 35.8. The Morgan fingerprint density at radius 1 is 1.11 bits per heavy atom. The van der Waals surface area contributed by atoms with Gasteiger partial charge in [0.25, 0.3) is 11.5 Å². The molecule has 0 aliphatic carbocycles. The van der Waals surface area contributed by atoms with Crippen molar-refractivity contribution in [2.45, 2.75) is 6.54 Å². The van der Waals surface area contributed by atoms with Crippen LogP contribution in [0.5, 0.6) is 0 Å². The maximum atomic E-state index is 12.1. The van der Waals surface area contributed by atoms with Crippen molar-refractivity contribution in [3.8, 4) is 0 Å². The highest BCUT2D eigenvalue weighted by molar-refractivity contribution is 5.95. The average molecular weight is 260 g/mol. The van der Waals surface area contributed by atoms with Crippen LogP contribution in [0.4, 0.5) is 0 Å². The van der Waals surface area contributed by atoms with E-state index in [9.17, 15) is 14.4 Å². The molecule has 6 nitrogen and oxygen atoms in total. The number of hydrogen-bond donors (Lipinski definition) is 1. The average Bonchev–Trinajstić information content (AvgIpc) is 2.43. The summed E-state index contributed by atoms with van der Waals surface area (Å²) in [6.45, 7) is -0.223. The molecule has 98 valence electrons. The third-order valence-corrected chi connectivity index (χ3v) is 2.62. The Labute approximate surface area is 108 Å². The largest absolute Gasteiger partial charge is 0.395 e. The SMILES string of the molecule is O=C(c1ccccc1)n1c(=O)ccn(CCO)c1=O. The van der Waals surface area contributed by atoms with E-state index in [0.717, 1.165) is 10.6 Å². The van der Waals surface area contributed by atoms with Crippen LogP contribution in [-0.4, -0.2) is 26.8 Å². The minimum atomic E-state index is -0.754. The van der Waals surface area contributed by atoms with Crippen molar-refractivity contribution in [3.05, 3.63) is 69.0 Å². The van der Waals surface area contributed by atoms with Gasteiger partial charge in [-0.2, -0.15) is 4.57 Å². The fourth-order valence-electron chi connectivity index (χ4n) is 1.69. The maximum absolute atomic E-state index is 12.1. The molecule has 6 heteroatoms. The Bertz CT molecular complexity index is 701. The molecule has 0 saturated carbocycles. The number of carbonyl (C=O) groups is 1. The molecule has 0 aliphatic rings. The third kappa shape index (κ3) is 2.53. The Morgan fingerprint density at radius 2 is 1.79 bits per heavy atom. The molecule has 2 rings (SSSR count). The number of benzene rings is 1.